The molecule has 0 fully saturated rings. The Bertz CT molecular complexity index is 806. The van der Waals surface area contributed by atoms with Gasteiger partial charge in [-0.05, 0) is 29.7 Å². The molecule has 140 valence electrons. The van der Waals surface area contributed by atoms with Crippen molar-refractivity contribution in [1.82, 2.24) is 9.62 Å². The number of nitrogens with zero attached hydrogens (tertiary/aromatic N) is 1. The van der Waals surface area contributed by atoms with E-state index in [4.69, 9.17) is 0 Å². The molecule has 0 saturated carbocycles. The molecule has 0 radical (unpaired) electrons. The van der Waals surface area contributed by atoms with Crippen LogP contribution in [0.5, 0.6) is 0 Å². The number of urea groups is 1. The van der Waals surface area contributed by atoms with Gasteiger partial charge >= 0.3 is 6.03 Å². The molecule has 0 unspecified atom stereocenters. The number of hydrogen-bond acceptors (Lipinski definition) is 3. The average Bonchev–Trinajstić information content (AvgIpc) is 2.62. The molecule has 0 saturated heterocycles. The van der Waals surface area contributed by atoms with Crippen molar-refractivity contribution in [2.45, 2.75) is 13.3 Å². The molecular weight excluding hydrogens is 350 g/mol. The van der Waals surface area contributed by atoms with Crippen LogP contribution in [0, 0.1) is 0 Å². The topological polar surface area (TPSA) is 78.5 Å². The van der Waals surface area contributed by atoms with Crippen LogP contribution in [-0.2, 0) is 10.0 Å². The van der Waals surface area contributed by atoms with Gasteiger partial charge in [0.1, 0.15) is 0 Å². The Kier molecular flexibility index (Phi) is 7.17. The van der Waals surface area contributed by atoms with Crippen molar-refractivity contribution in [2.24, 2.45) is 0 Å². The molecule has 6 nitrogen and oxygen atoms in total. The number of hydrogen-bond donors (Lipinski definition) is 2. The minimum atomic E-state index is -3.19. The molecule has 2 aromatic rings. The summed E-state index contributed by atoms with van der Waals surface area (Å²) in [5.74, 6) is 0. The number of carbonyl (C=O) groups excluding carboxylic acids is 1. The summed E-state index contributed by atoms with van der Waals surface area (Å²) in [5.41, 5.74) is 2.90. The third kappa shape index (κ3) is 6.16. The van der Waals surface area contributed by atoms with Gasteiger partial charge in [0.25, 0.3) is 0 Å². The highest BCUT2D eigenvalue weighted by atomic mass is 32.2. The fourth-order valence-electron chi connectivity index (χ4n) is 2.57. The van der Waals surface area contributed by atoms with Crippen LogP contribution in [0.1, 0.15) is 13.3 Å². The van der Waals surface area contributed by atoms with Crippen molar-refractivity contribution in [2.75, 3.05) is 31.2 Å². The summed E-state index contributed by atoms with van der Waals surface area (Å²) < 4.78 is 24.4. The van der Waals surface area contributed by atoms with Crippen molar-refractivity contribution in [1.29, 1.82) is 0 Å². The Hall–Kier alpha value is -2.38. The standard InChI is InChI=1S/C19H25N3O3S/c1-3-22(26(2,24)25)15-7-14-20-19(23)21-18-12-10-17(11-13-18)16-8-5-4-6-9-16/h4-6,8-13H,3,7,14-15H2,1-2H3,(H2,20,21,23). The monoisotopic (exact) mass is 375 g/mol. The van der Waals surface area contributed by atoms with Crippen LogP contribution in [0.4, 0.5) is 10.5 Å². The molecule has 0 aliphatic rings. The van der Waals surface area contributed by atoms with Crippen LogP contribution in [0.25, 0.3) is 11.1 Å². The van der Waals surface area contributed by atoms with Gasteiger partial charge in [0.05, 0.1) is 6.26 Å². The van der Waals surface area contributed by atoms with E-state index in [1.165, 1.54) is 10.6 Å². The lowest BCUT2D eigenvalue weighted by Crippen LogP contribution is -2.34. The smallest absolute Gasteiger partial charge is 0.319 e. The number of anilines is 1. The summed E-state index contributed by atoms with van der Waals surface area (Å²) in [6.45, 7) is 3.01. The maximum atomic E-state index is 11.9. The van der Waals surface area contributed by atoms with Crippen LogP contribution in [0.15, 0.2) is 54.6 Å². The second-order valence-electron chi connectivity index (χ2n) is 5.93. The van der Waals surface area contributed by atoms with Crippen molar-refractivity contribution in [3.05, 3.63) is 54.6 Å². The van der Waals surface area contributed by atoms with E-state index in [0.717, 1.165) is 11.1 Å². The van der Waals surface area contributed by atoms with Gasteiger partial charge in [0, 0.05) is 25.3 Å². The zero-order valence-electron chi connectivity index (χ0n) is 15.1. The van der Waals surface area contributed by atoms with Crippen molar-refractivity contribution >= 4 is 21.7 Å². The Morgan fingerprint density at radius 2 is 1.62 bits per heavy atom. The fraction of sp³-hybridized carbons (Fsp3) is 0.316. The molecule has 2 N–H and O–H groups in total. The third-order valence-electron chi connectivity index (χ3n) is 3.94. The van der Waals surface area contributed by atoms with E-state index in [0.29, 0.717) is 31.7 Å². The maximum absolute atomic E-state index is 11.9. The molecule has 0 aromatic heterocycles. The van der Waals surface area contributed by atoms with Crippen molar-refractivity contribution in [3.63, 3.8) is 0 Å². The Morgan fingerprint density at radius 1 is 1.00 bits per heavy atom. The van der Waals surface area contributed by atoms with Crippen LogP contribution >= 0.6 is 0 Å². The second-order valence-corrected chi connectivity index (χ2v) is 7.91. The summed E-state index contributed by atoms with van der Waals surface area (Å²) in [5, 5.41) is 5.51. The number of sulfonamides is 1. The second kappa shape index (κ2) is 9.35. The Labute approximate surface area is 155 Å². The SMILES string of the molecule is CCN(CCCNC(=O)Nc1ccc(-c2ccccc2)cc1)S(C)(=O)=O. The largest absolute Gasteiger partial charge is 0.338 e. The highest BCUT2D eigenvalue weighted by molar-refractivity contribution is 7.88. The molecule has 2 aromatic carbocycles. The van der Waals surface area contributed by atoms with E-state index in [9.17, 15) is 13.2 Å². The highest BCUT2D eigenvalue weighted by Crippen LogP contribution is 2.20. The van der Waals surface area contributed by atoms with Gasteiger partial charge in [-0.3, -0.25) is 0 Å². The summed E-state index contributed by atoms with van der Waals surface area (Å²) >= 11 is 0. The first-order valence-corrected chi connectivity index (χ1v) is 10.4. The van der Waals surface area contributed by atoms with E-state index >= 15 is 0 Å². The van der Waals surface area contributed by atoms with Gasteiger partial charge in [-0.15, -0.1) is 0 Å². The zero-order chi connectivity index (χ0) is 19.0. The molecule has 26 heavy (non-hydrogen) atoms. The van der Waals surface area contributed by atoms with Crippen LogP contribution in [-0.4, -0.2) is 44.6 Å². The van der Waals surface area contributed by atoms with Gasteiger partial charge in [-0.2, -0.15) is 0 Å². The first kappa shape index (κ1) is 19.9. The van der Waals surface area contributed by atoms with Gasteiger partial charge in [0.15, 0.2) is 0 Å². The number of rotatable bonds is 8. The molecule has 2 amide bonds. The van der Waals surface area contributed by atoms with Crippen LogP contribution in [0.2, 0.25) is 0 Å². The molecular formula is C19H25N3O3S. The molecule has 0 aliphatic carbocycles. The summed E-state index contributed by atoms with van der Waals surface area (Å²) in [7, 11) is -3.19. The molecule has 7 heteroatoms. The lowest BCUT2D eigenvalue weighted by molar-refractivity contribution is 0.251. The average molecular weight is 375 g/mol. The van der Waals surface area contributed by atoms with Gasteiger partial charge in [0.2, 0.25) is 10.0 Å². The minimum absolute atomic E-state index is 0.306. The normalized spacial score (nSPS) is 11.3. The number of benzene rings is 2. The fourth-order valence-corrected chi connectivity index (χ4v) is 3.50. The summed E-state index contributed by atoms with van der Waals surface area (Å²) in [6.07, 6.45) is 1.75. The number of amides is 2. The predicted molar refractivity (Wildman–Crippen MR) is 106 cm³/mol. The van der Waals surface area contributed by atoms with Gasteiger partial charge in [-0.1, -0.05) is 49.4 Å². The molecule has 0 heterocycles. The van der Waals surface area contributed by atoms with Crippen molar-refractivity contribution in [3.8, 4) is 11.1 Å². The van der Waals surface area contributed by atoms with E-state index in [-0.39, 0.29) is 6.03 Å². The van der Waals surface area contributed by atoms with Crippen molar-refractivity contribution < 1.29 is 13.2 Å². The molecule has 2 rings (SSSR count). The predicted octanol–water partition coefficient (Wildman–Crippen LogP) is 3.15. The summed E-state index contributed by atoms with van der Waals surface area (Å²) in [6, 6.07) is 17.3. The minimum Gasteiger partial charge on any atom is -0.338 e. The number of carbonyl (C=O) groups is 1. The highest BCUT2D eigenvalue weighted by Gasteiger charge is 2.13. The molecule has 0 bridgehead atoms. The van der Waals surface area contributed by atoms with Gasteiger partial charge in [-0.25, -0.2) is 17.5 Å². The lowest BCUT2D eigenvalue weighted by atomic mass is 10.1. The Balaban J connectivity index is 1.78. The molecule has 0 spiro atoms. The van der Waals surface area contributed by atoms with Crippen LogP contribution in [0.3, 0.4) is 0 Å². The zero-order valence-corrected chi connectivity index (χ0v) is 15.9. The van der Waals surface area contributed by atoms with Crippen LogP contribution < -0.4 is 10.6 Å². The third-order valence-corrected chi connectivity index (χ3v) is 5.32. The lowest BCUT2D eigenvalue weighted by Gasteiger charge is -2.17. The van der Waals surface area contributed by atoms with Gasteiger partial charge < -0.3 is 10.6 Å². The number of nitrogens with one attached hydrogen (secondary N) is 2. The maximum Gasteiger partial charge on any atom is 0.319 e. The Morgan fingerprint density at radius 3 is 2.19 bits per heavy atom. The first-order valence-electron chi connectivity index (χ1n) is 8.55. The van der Waals surface area contributed by atoms with E-state index in [1.54, 1.807) is 6.92 Å². The van der Waals surface area contributed by atoms with E-state index < -0.39 is 10.0 Å². The molecule has 0 aliphatic heterocycles. The summed E-state index contributed by atoms with van der Waals surface area (Å²) in [4.78, 5) is 11.9. The first-order chi connectivity index (χ1) is 12.4. The van der Waals surface area contributed by atoms with E-state index in [2.05, 4.69) is 10.6 Å². The quantitative estimate of drug-likeness (QED) is 0.696. The van der Waals surface area contributed by atoms with E-state index in [1.807, 2.05) is 54.6 Å². The molecule has 0 atom stereocenters.